The van der Waals surface area contributed by atoms with E-state index in [0.717, 1.165) is 11.5 Å². The average Bonchev–Trinajstić information content (AvgIpc) is 2.77. The molecule has 1 N–H and O–H groups in total. The summed E-state index contributed by atoms with van der Waals surface area (Å²) in [4.78, 5) is 24.3. The van der Waals surface area contributed by atoms with Gasteiger partial charge in [-0.05, 0) is 36.8 Å². The highest BCUT2D eigenvalue weighted by Crippen LogP contribution is 2.19. The molecule has 1 aliphatic heterocycles. The Labute approximate surface area is 175 Å². The Balaban J connectivity index is 1.48. The number of carbonyl (C=O) groups excluding carboxylic acids is 1. The van der Waals surface area contributed by atoms with Crippen LogP contribution in [0.5, 0.6) is 11.6 Å². The number of hydrogen-bond acceptors (Lipinski definition) is 5. The largest absolute Gasteiger partial charge is 0.450 e. The number of guanidine groups is 1. The number of hydrogen-bond donors (Lipinski definition) is 1. The zero-order valence-electron chi connectivity index (χ0n) is 17.2. The predicted octanol–water partition coefficient (Wildman–Crippen LogP) is 2.86. The van der Waals surface area contributed by atoms with Gasteiger partial charge in [0.2, 0.25) is 5.88 Å². The van der Waals surface area contributed by atoms with Gasteiger partial charge in [0.15, 0.2) is 5.96 Å². The number of nitrogens with zero attached hydrogens (tertiary/aromatic N) is 4. The summed E-state index contributed by atoms with van der Waals surface area (Å²) >= 11 is 0. The van der Waals surface area contributed by atoms with Gasteiger partial charge in [-0.2, -0.15) is 0 Å². The minimum Gasteiger partial charge on any atom is -0.450 e. The second kappa shape index (κ2) is 10.4. The van der Waals surface area contributed by atoms with Crippen LogP contribution in [0.25, 0.3) is 0 Å². The van der Waals surface area contributed by atoms with Gasteiger partial charge in [0.05, 0.1) is 6.61 Å². The molecule has 0 radical (unpaired) electrons. The zero-order chi connectivity index (χ0) is 21.3. The van der Waals surface area contributed by atoms with Crippen LogP contribution in [-0.4, -0.2) is 66.7 Å². The van der Waals surface area contributed by atoms with Crippen LogP contribution < -0.4 is 10.1 Å². The molecule has 1 aromatic heterocycles. The van der Waals surface area contributed by atoms with E-state index in [2.05, 4.69) is 20.2 Å². The third kappa shape index (κ3) is 5.82. The third-order valence-corrected chi connectivity index (χ3v) is 4.60. The Morgan fingerprint density at radius 3 is 2.43 bits per heavy atom. The van der Waals surface area contributed by atoms with Crippen molar-refractivity contribution in [3.63, 3.8) is 0 Å². The molecule has 0 unspecified atom stereocenters. The van der Waals surface area contributed by atoms with E-state index in [1.165, 1.54) is 12.1 Å². The molecule has 30 heavy (non-hydrogen) atoms. The van der Waals surface area contributed by atoms with Crippen LogP contribution in [0.4, 0.5) is 9.18 Å². The van der Waals surface area contributed by atoms with E-state index < -0.39 is 0 Å². The number of amides is 1. The molecule has 9 heteroatoms. The minimum absolute atomic E-state index is 0.269. The molecule has 1 fully saturated rings. The van der Waals surface area contributed by atoms with Gasteiger partial charge in [0.25, 0.3) is 0 Å². The molecule has 0 aliphatic carbocycles. The van der Waals surface area contributed by atoms with E-state index in [1.54, 1.807) is 43.3 Å². The molecule has 1 aliphatic rings. The normalized spacial score (nSPS) is 14.4. The molecule has 0 saturated carbocycles. The highest BCUT2D eigenvalue weighted by Gasteiger charge is 2.23. The van der Waals surface area contributed by atoms with E-state index in [4.69, 9.17) is 9.47 Å². The summed E-state index contributed by atoms with van der Waals surface area (Å²) in [6.07, 6.45) is 1.45. The lowest BCUT2D eigenvalue weighted by Crippen LogP contribution is -2.53. The number of carbonyl (C=O) groups is 1. The van der Waals surface area contributed by atoms with Crippen molar-refractivity contribution in [2.45, 2.75) is 13.5 Å². The molecule has 8 nitrogen and oxygen atoms in total. The number of rotatable bonds is 5. The smallest absolute Gasteiger partial charge is 0.409 e. The van der Waals surface area contributed by atoms with Gasteiger partial charge < -0.3 is 24.6 Å². The third-order valence-electron chi connectivity index (χ3n) is 4.60. The first kappa shape index (κ1) is 21.4. The Kier molecular flexibility index (Phi) is 7.42. The lowest BCUT2D eigenvalue weighted by atomic mass is 10.3. The standard InChI is InChI=1S/C21H26FN5O3/c1-3-29-21(28)27-12-10-26(11-13-27)20(23-2)25-15-16-4-9-19(24-14-16)30-18-7-5-17(22)6-8-18/h4-9,14H,3,10-13,15H2,1-2H3,(H,23,25). The molecule has 2 aromatic rings. The summed E-state index contributed by atoms with van der Waals surface area (Å²) < 4.78 is 23.6. The summed E-state index contributed by atoms with van der Waals surface area (Å²) in [5, 5.41) is 3.32. The molecule has 0 atom stereocenters. The molecular formula is C21H26FN5O3. The van der Waals surface area contributed by atoms with Crippen LogP contribution >= 0.6 is 0 Å². The van der Waals surface area contributed by atoms with Crippen molar-refractivity contribution in [3.05, 3.63) is 54.0 Å². The highest BCUT2D eigenvalue weighted by atomic mass is 19.1. The molecule has 0 bridgehead atoms. The van der Waals surface area contributed by atoms with E-state index in [1.807, 2.05) is 6.07 Å². The van der Waals surface area contributed by atoms with Gasteiger partial charge in [0, 0.05) is 52.0 Å². The van der Waals surface area contributed by atoms with Crippen LogP contribution in [0.3, 0.4) is 0 Å². The molecule has 160 valence electrons. The summed E-state index contributed by atoms with van der Waals surface area (Å²) in [6, 6.07) is 9.46. The van der Waals surface area contributed by atoms with Gasteiger partial charge in [-0.1, -0.05) is 6.07 Å². The Morgan fingerprint density at radius 1 is 1.13 bits per heavy atom. The summed E-state index contributed by atoms with van der Waals surface area (Å²) in [5.41, 5.74) is 0.966. The first-order valence-corrected chi connectivity index (χ1v) is 9.84. The second-order valence-corrected chi connectivity index (χ2v) is 6.63. The van der Waals surface area contributed by atoms with Gasteiger partial charge in [-0.25, -0.2) is 14.2 Å². The number of halogens is 1. The van der Waals surface area contributed by atoms with E-state index in [-0.39, 0.29) is 11.9 Å². The lowest BCUT2D eigenvalue weighted by Gasteiger charge is -2.35. The Hall–Kier alpha value is -3.36. The van der Waals surface area contributed by atoms with Crippen molar-refractivity contribution < 1.29 is 18.7 Å². The van der Waals surface area contributed by atoms with E-state index in [9.17, 15) is 9.18 Å². The van der Waals surface area contributed by atoms with E-state index >= 15 is 0 Å². The van der Waals surface area contributed by atoms with Crippen molar-refractivity contribution in [1.82, 2.24) is 20.1 Å². The van der Waals surface area contributed by atoms with Crippen LogP contribution in [0.15, 0.2) is 47.6 Å². The lowest BCUT2D eigenvalue weighted by molar-refractivity contribution is 0.0914. The maximum atomic E-state index is 13.0. The number of benzene rings is 1. The van der Waals surface area contributed by atoms with Gasteiger partial charge >= 0.3 is 6.09 Å². The van der Waals surface area contributed by atoms with E-state index in [0.29, 0.717) is 51.0 Å². The summed E-state index contributed by atoms with van der Waals surface area (Å²) in [6.45, 7) is 5.28. The number of aliphatic imine (C=N–C) groups is 1. The summed E-state index contributed by atoms with van der Waals surface area (Å²) in [7, 11) is 1.73. The van der Waals surface area contributed by atoms with Crippen molar-refractivity contribution in [2.24, 2.45) is 4.99 Å². The SMILES string of the molecule is CCOC(=O)N1CCN(C(=NC)NCc2ccc(Oc3ccc(F)cc3)nc2)CC1. The van der Waals surface area contributed by atoms with Gasteiger partial charge in [-0.15, -0.1) is 0 Å². The number of ether oxygens (including phenoxy) is 2. The Bertz CT molecular complexity index is 850. The molecular weight excluding hydrogens is 389 g/mol. The number of pyridine rings is 1. The highest BCUT2D eigenvalue weighted by molar-refractivity contribution is 5.80. The summed E-state index contributed by atoms with van der Waals surface area (Å²) in [5.74, 6) is 1.42. The fraction of sp³-hybridized carbons (Fsp3) is 0.381. The van der Waals surface area contributed by atoms with Crippen molar-refractivity contribution in [2.75, 3.05) is 39.8 Å². The first-order chi connectivity index (χ1) is 14.6. The molecule has 0 spiro atoms. The quantitative estimate of drug-likeness (QED) is 0.598. The topological polar surface area (TPSA) is 79.3 Å². The molecule has 1 aromatic carbocycles. The van der Waals surface area contributed by atoms with Crippen molar-refractivity contribution >= 4 is 12.1 Å². The van der Waals surface area contributed by atoms with Gasteiger partial charge in [-0.3, -0.25) is 4.99 Å². The monoisotopic (exact) mass is 415 g/mol. The fourth-order valence-corrected chi connectivity index (χ4v) is 3.03. The number of piperazine rings is 1. The first-order valence-electron chi connectivity index (χ1n) is 9.84. The molecule has 2 heterocycles. The fourth-order valence-electron chi connectivity index (χ4n) is 3.03. The van der Waals surface area contributed by atoms with Crippen molar-refractivity contribution in [3.8, 4) is 11.6 Å². The number of nitrogens with one attached hydrogen (secondary N) is 1. The average molecular weight is 415 g/mol. The predicted molar refractivity (Wildman–Crippen MR) is 111 cm³/mol. The minimum atomic E-state index is -0.313. The number of aromatic nitrogens is 1. The zero-order valence-corrected chi connectivity index (χ0v) is 17.2. The maximum Gasteiger partial charge on any atom is 0.409 e. The van der Waals surface area contributed by atoms with Crippen LogP contribution in [0, 0.1) is 5.82 Å². The Morgan fingerprint density at radius 2 is 1.83 bits per heavy atom. The second-order valence-electron chi connectivity index (χ2n) is 6.63. The maximum absolute atomic E-state index is 13.0. The molecule has 3 rings (SSSR count). The van der Waals surface area contributed by atoms with Crippen LogP contribution in [0.2, 0.25) is 0 Å². The molecule has 1 saturated heterocycles. The molecule has 1 amide bonds. The van der Waals surface area contributed by atoms with Crippen LogP contribution in [0.1, 0.15) is 12.5 Å². The van der Waals surface area contributed by atoms with Crippen LogP contribution in [-0.2, 0) is 11.3 Å². The van der Waals surface area contributed by atoms with Gasteiger partial charge in [0.1, 0.15) is 11.6 Å². The van der Waals surface area contributed by atoms with Crippen molar-refractivity contribution in [1.29, 1.82) is 0 Å².